The quantitative estimate of drug-likeness (QED) is 0.804. The zero-order chi connectivity index (χ0) is 13.8. The number of carboxylic acids is 1. The molecule has 1 heterocycles. The zero-order valence-corrected chi connectivity index (χ0v) is 11.2. The molecule has 19 heavy (non-hydrogen) atoms. The molecule has 1 aliphatic heterocycles. The van der Waals surface area contributed by atoms with E-state index in [-0.39, 0.29) is 11.3 Å². The lowest BCUT2D eigenvalue weighted by Crippen LogP contribution is -2.41. The fraction of sp³-hybridized carbons (Fsp3) is 0.385. The summed E-state index contributed by atoms with van der Waals surface area (Å²) in [6, 6.07) is 8.63. The van der Waals surface area contributed by atoms with Gasteiger partial charge in [0, 0.05) is 5.75 Å². The summed E-state index contributed by atoms with van der Waals surface area (Å²) >= 11 is 1.43. The van der Waals surface area contributed by atoms with Crippen LogP contribution in [0.3, 0.4) is 0 Å². The fourth-order valence-corrected chi connectivity index (χ4v) is 3.41. The van der Waals surface area contributed by atoms with Gasteiger partial charge in [0.25, 0.3) is 0 Å². The van der Waals surface area contributed by atoms with Gasteiger partial charge in [0.15, 0.2) is 0 Å². The van der Waals surface area contributed by atoms with Crippen LogP contribution in [0.25, 0.3) is 0 Å². The molecule has 0 amide bonds. The van der Waals surface area contributed by atoms with Crippen LogP contribution in [0.2, 0.25) is 0 Å². The molecule has 6 heteroatoms. The second kappa shape index (κ2) is 6.08. The highest BCUT2D eigenvalue weighted by atomic mass is 32.2. The van der Waals surface area contributed by atoms with Crippen LogP contribution in [-0.4, -0.2) is 41.3 Å². The van der Waals surface area contributed by atoms with Crippen LogP contribution in [0.15, 0.2) is 30.3 Å². The summed E-state index contributed by atoms with van der Waals surface area (Å²) in [6.45, 7) is 0. The van der Waals surface area contributed by atoms with Gasteiger partial charge in [-0.1, -0.05) is 30.3 Å². The van der Waals surface area contributed by atoms with Gasteiger partial charge >= 0.3 is 11.9 Å². The number of thioether (sulfide) groups is 1. The van der Waals surface area contributed by atoms with E-state index < -0.39 is 17.9 Å². The van der Waals surface area contributed by atoms with Gasteiger partial charge in [-0.05, 0) is 5.56 Å². The number of benzene rings is 1. The van der Waals surface area contributed by atoms with Crippen molar-refractivity contribution in [1.29, 1.82) is 0 Å². The van der Waals surface area contributed by atoms with Crippen LogP contribution in [0.4, 0.5) is 0 Å². The van der Waals surface area contributed by atoms with Crippen LogP contribution in [0.1, 0.15) is 11.5 Å². The molecule has 1 fully saturated rings. The van der Waals surface area contributed by atoms with Gasteiger partial charge in [-0.25, -0.2) is 0 Å². The fourth-order valence-electron chi connectivity index (χ4n) is 2.05. The second-order valence-electron chi connectivity index (χ2n) is 4.22. The number of carbonyl (C=O) groups excluding carboxylic acids is 1. The highest BCUT2D eigenvalue weighted by molar-refractivity contribution is 8.00. The van der Waals surface area contributed by atoms with E-state index >= 15 is 0 Å². The summed E-state index contributed by atoms with van der Waals surface area (Å²) in [4.78, 5) is 22.9. The minimum atomic E-state index is -0.897. The smallest absolute Gasteiger partial charge is 0.321 e. The first-order valence-electron chi connectivity index (χ1n) is 5.86. The number of rotatable bonds is 4. The molecule has 102 valence electrons. The summed E-state index contributed by atoms with van der Waals surface area (Å²) in [5.41, 5.74) is 0.824. The number of hydrogen-bond acceptors (Lipinski definition) is 5. The lowest BCUT2D eigenvalue weighted by atomic mass is 9.98. The number of methoxy groups -OCH3 is 1. The van der Waals surface area contributed by atoms with E-state index in [1.165, 1.54) is 18.9 Å². The molecule has 0 spiro atoms. The lowest BCUT2D eigenvalue weighted by molar-refractivity contribution is -0.143. The maximum absolute atomic E-state index is 12.0. The average molecular weight is 281 g/mol. The van der Waals surface area contributed by atoms with Crippen LogP contribution in [0.5, 0.6) is 0 Å². The van der Waals surface area contributed by atoms with E-state index in [1.807, 2.05) is 30.3 Å². The van der Waals surface area contributed by atoms with Crippen LogP contribution >= 0.6 is 11.8 Å². The zero-order valence-electron chi connectivity index (χ0n) is 10.4. The van der Waals surface area contributed by atoms with Gasteiger partial charge in [-0.3, -0.25) is 14.9 Å². The molecule has 2 rings (SSSR count). The average Bonchev–Trinajstić information content (AvgIpc) is 2.89. The maximum Gasteiger partial charge on any atom is 0.321 e. The summed E-state index contributed by atoms with van der Waals surface area (Å²) in [5, 5.41) is 11.7. The molecule has 1 saturated heterocycles. The molecular weight excluding hydrogens is 266 g/mol. The SMILES string of the molecule is COC(=O)C(c1ccccc1)C1N[C@H](C(=O)O)CS1. The maximum atomic E-state index is 12.0. The second-order valence-corrected chi connectivity index (χ2v) is 5.40. The molecular formula is C13H15NO4S. The van der Waals surface area contributed by atoms with E-state index in [1.54, 1.807) is 0 Å². The Morgan fingerprint density at radius 1 is 1.42 bits per heavy atom. The largest absolute Gasteiger partial charge is 0.480 e. The summed E-state index contributed by atoms with van der Waals surface area (Å²) < 4.78 is 4.84. The number of ether oxygens (including phenoxy) is 1. The standard InChI is InChI=1S/C13H15NO4S/c1-18-13(17)10(8-5-3-2-4-6-8)11-14-9(7-19-11)12(15)16/h2-6,9-11,14H,7H2,1H3,(H,15,16)/t9-,10?,11?/m0/s1. The van der Waals surface area contributed by atoms with Gasteiger partial charge in [0.2, 0.25) is 0 Å². The van der Waals surface area contributed by atoms with Crippen molar-refractivity contribution < 1.29 is 19.4 Å². The van der Waals surface area contributed by atoms with Crippen molar-refractivity contribution in [2.24, 2.45) is 0 Å². The van der Waals surface area contributed by atoms with Crippen LogP contribution < -0.4 is 5.32 Å². The van der Waals surface area contributed by atoms with E-state index in [0.717, 1.165) is 5.56 Å². The first-order chi connectivity index (χ1) is 9.13. The van der Waals surface area contributed by atoms with Crippen molar-refractivity contribution >= 4 is 23.7 Å². The molecule has 1 aromatic rings. The number of hydrogen-bond donors (Lipinski definition) is 2. The monoisotopic (exact) mass is 281 g/mol. The van der Waals surface area contributed by atoms with Crippen molar-refractivity contribution in [3.63, 3.8) is 0 Å². The van der Waals surface area contributed by atoms with Gasteiger partial charge in [-0.2, -0.15) is 0 Å². The third-order valence-electron chi connectivity index (χ3n) is 3.02. The van der Waals surface area contributed by atoms with E-state index in [9.17, 15) is 9.59 Å². The van der Waals surface area contributed by atoms with E-state index in [0.29, 0.717) is 5.75 Å². The third-order valence-corrected chi connectivity index (χ3v) is 4.32. The Morgan fingerprint density at radius 2 is 2.11 bits per heavy atom. The Bertz CT molecular complexity index is 465. The Kier molecular flexibility index (Phi) is 4.44. The number of carboxylic acid groups (broad SMARTS) is 1. The minimum absolute atomic E-state index is 0.282. The Labute approximate surface area is 115 Å². The number of esters is 1. The van der Waals surface area contributed by atoms with Crippen molar-refractivity contribution in [3.8, 4) is 0 Å². The topological polar surface area (TPSA) is 75.6 Å². The highest BCUT2D eigenvalue weighted by Crippen LogP contribution is 2.32. The Balaban J connectivity index is 2.20. The molecule has 2 unspecified atom stereocenters. The summed E-state index contributed by atoms with van der Waals surface area (Å²) in [6.07, 6.45) is 0. The molecule has 1 aliphatic rings. The first-order valence-corrected chi connectivity index (χ1v) is 6.91. The molecule has 0 aromatic heterocycles. The number of aliphatic carboxylic acids is 1. The van der Waals surface area contributed by atoms with Crippen molar-refractivity contribution in [2.45, 2.75) is 17.3 Å². The van der Waals surface area contributed by atoms with E-state index in [4.69, 9.17) is 9.84 Å². The lowest BCUT2D eigenvalue weighted by Gasteiger charge is -2.21. The highest BCUT2D eigenvalue weighted by Gasteiger charge is 2.39. The van der Waals surface area contributed by atoms with E-state index in [2.05, 4.69) is 5.32 Å². The Hall–Kier alpha value is -1.53. The molecule has 3 atom stereocenters. The molecule has 5 nitrogen and oxygen atoms in total. The minimum Gasteiger partial charge on any atom is -0.480 e. The summed E-state index contributed by atoms with van der Waals surface area (Å²) in [7, 11) is 1.34. The number of carbonyl (C=O) groups is 2. The molecule has 2 N–H and O–H groups in total. The van der Waals surface area contributed by atoms with Gasteiger partial charge < -0.3 is 9.84 Å². The predicted octanol–water partition coefficient (Wildman–Crippen LogP) is 1.06. The normalized spacial score (nSPS) is 23.8. The molecule has 0 saturated carbocycles. The first kappa shape index (κ1) is 13.9. The van der Waals surface area contributed by atoms with Crippen LogP contribution in [0, 0.1) is 0 Å². The number of nitrogens with one attached hydrogen (secondary N) is 1. The third kappa shape index (κ3) is 3.08. The van der Waals surface area contributed by atoms with Gasteiger partial charge in [-0.15, -0.1) is 11.8 Å². The van der Waals surface area contributed by atoms with Gasteiger partial charge in [0.1, 0.15) is 12.0 Å². The van der Waals surface area contributed by atoms with Crippen LogP contribution in [-0.2, 0) is 14.3 Å². The molecule has 0 aliphatic carbocycles. The van der Waals surface area contributed by atoms with Crippen molar-refractivity contribution in [1.82, 2.24) is 5.32 Å². The Morgan fingerprint density at radius 3 is 2.63 bits per heavy atom. The molecule has 0 bridgehead atoms. The molecule has 1 aromatic carbocycles. The summed E-state index contributed by atoms with van der Waals surface area (Å²) in [5.74, 6) is -1.31. The van der Waals surface area contributed by atoms with Crippen molar-refractivity contribution in [3.05, 3.63) is 35.9 Å². The molecule has 0 radical (unpaired) electrons. The predicted molar refractivity (Wildman–Crippen MR) is 72.0 cm³/mol. The van der Waals surface area contributed by atoms with Gasteiger partial charge in [0.05, 0.1) is 12.5 Å². The van der Waals surface area contributed by atoms with Crippen molar-refractivity contribution in [2.75, 3.05) is 12.9 Å².